The Morgan fingerprint density at radius 1 is 0.840 bits per heavy atom. The molecule has 0 spiro atoms. The van der Waals surface area contributed by atoms with Crippen LogP contribution in [0.4, 0.5) is 11.4 Å². The Kier molecular flexibility index (Phi) is 6.31. The van der Waals surface area contributed by atoms with Crippen molar-refractivity contribution in [3.63, 3.8) is 0 Å². The van der Waals surface area contributed by atoms with E-state index < -0.39 is 0 Å². The molecule has 5 nitrogen and oxygen atoms in total. The summed E-state index contributed by atoms with van der Waals surface area (Å²) in [6, 6.07) is 13.5. The Morgan fingerprint density at radius 2 is 1.40 bits per heavy atom. The van der Waals surface area contributed by atoms with Crippen molar-refractivity contribution in [1.82, 2.24) is 0 Å². The van der Waals surface area contributed by atoms with E-state index in [1.807, 2.05) is 70.3 Å². The number of benzene rings is 2. The normalized spacial score (nSPS) is 11.7. The summed E-state index contributed by atoms with van der Waals surface area (Å²) in [5.74, 6) is -0.215. The van der Waals surface area contributed by atoms with Crippen LogP contribution in [0.2, 0.25) is 0 Å². The zero-order chi connectivity index (χ0) is 18.4. The number of hydrogen-bond donors (Lipinski definition) is 3. The SMILES string of the molecule is Cc1ccc(NC(=O)C[NH+](C)CC(=O)Nc2ccc(C)cc2C)cc1. The third-order valence-electron chi connectivity index (χ3n) is 3.92. The van der Waals surface area contributed by atoms with Gasteiger partial charge in [-0.3, -0.25) is 9.59 Å². The highest BCUT2D eigenvalue weighted by molar-refractivity contribution is 5.93. The van der Waals surface area contributed by atoms with Crippen LogP contribution >= 0.6 is 0 Å². The van der Waals surface area contributed by atoms with E-state index in [1.54, 1.807) is 0 Å². The molecule has 0 saturated heterocycles. The number of hydrogen-bond acceptors (Lipinski definition) is 2. The lowest BCUT2D eigenvalue weighted by molar-refractivity contribution is -0.862. The van der Waals surface area contributed by atoms with E-state index in [0.717, 1.165) is 33.0 Å². The van der Waals surface area contributed by atoms with E-state index in [4.69, 9.17) is 0 Å². The summed E-state index contributed by atoms with van der Waals surface area (Å²) < 4.78 is 0. The first-order valence-electron chi connectivity index (χ1n) is 8.38. The topological polar surface area (TPSA) is 62.6 Å². The fourth-order valence-corrected chi connectivity index (χ4v) is 2.60. The van der Waals surface area contributed by atoms with E-state index >= 15 is 0 Å². The van der Waals surface area contributed by atoms with Gasteiger partial charge in [0.25, 0.3) is 11.8 Å². The Labute approximate surface area is 149 Å². The van der Waals surface area contributed by atoms with E-state index in [1.165, 1.54) is 0 Å². The van der Waals surface area contributed by atoms with Crippen LogP contribution in [-0.4, -0.2) is 32.0 Å². The summed E-state index contributed by atoms with van der Waals surface area (Å²) in [4.78, 5) is 25.1. The smallest absolute Gasteiger partial charge is 0.279 e. The molecule has 132 valence electrons. The van der Waals surface area contributed by atoms with E-state index in [2.05, 4.69) is 10.6 Å². The fraction of sp³-hybridized carbons (Fsp3) is 0.300. The van der Waals surface area contributed by atoms with Gasteiger partial charge >= 0.3 is 0 Å². The van der Waals surface area contributed by atoms with Crippen LogP contribution in [0.1, 0.15) is 16.7 Å². The molecular weight excluding hydrogens is 314 g/mol. The first-order valence-corrected chi connectivity index (χ1v) is 8.38. The molecule has 0 aromatic heterocycles. The molecule has 3 N–H and O–H groups in total. The number of quaternary nitrogens is 1. The predicted octanol–water partition coefficient (Wildman–Crippen LogP) is 1.70. The Hall–Kier alpha value is -2.66. The Balaban J connectivity index is 1.82. The highest BCUT2D eigenvalue weighted by Gasteiger charge is 2.15. The van der Waals surface area contributed by atoms with E-state index in [-0.39, 0.29) is 24.9 Å². The van der Waals surface area contributed by atoms with Crippen LogP contribution in [0.25, 0.3) is 0 Å². The van der Waals surface area contributed by atoms with Gasteiger partial charge in [0, 0.05) is 11.4 Å². The standard InChI is InChI=1S/C20H25N3O2/c1-14-5-8-17(9-6-14)21-19(24)12-23(4)13-20(25)22-18-10-7-15(2)11-16(18)3/h5-11H,12-13H2,1-4H3,(H,21,24)(H,22,25)/p+1. The van der Waals surface area contributed by atoms with Gasteiger partial charge in [0.15, 0.2) is 13.1 Å². The van der Waals surface area contributed by atoms with E-state index in [9.17, 15) is 9.59 Å². The van der Waals surface area contributed by atoms with Crippen molar-refractivity contribution in [2.45, 2.75) is 20.8 Å². The highest BCUT2D eigenvalue weighted by atomic mass is 16.2. The van der Waals surface area contributed by atoms with Gasteiger partial charge in [-0.25, -0.2) is 0 Å². The van der Waals surface area contributed by atoms with Crippen molar-refractivity contribution in [3.05, 3.63) is 59.2 Å². The van der Waals surface area contributed by atoms with Gasteiger partial charge in [0.1, 0.15) is 0 Å². The van der Waals surface area contributed by atoms with Crippen LogP contribution in [0.5, 0.6) is 0 Å². The van der Waals surface area contributed by atoms with Crippen LogP contribution in [0.3, 0.4) is 0 Å². The largest absolute Gasteiger partial charge is 0.322 e. The van der Waals surface area contributed by atoms with Gasteiger partial charge in [-0.15, -0.1) is 0 Å². The van der Waals surface area contributed by atoms with E-state index in [0.29, 0.717) is 0 Å². The average molecular weight is 340 g/mol. The van der Waals surface area contributed by atoms with Gasteiger partial charge in [-0.1, -0.05) is 35.4 Å². The molecule has 1 atom stereocenters. The zero-order valence-corrected chi connectivity index (χ0v) is 15.3. The molecule has 2 aromatic carbocycles. The number of amides is 2. The zero-order valence-electron chi connectivity index (χ0n) is 15.3. The van der Waals surface area contributed by atoms with Crippen molar-refractivity contribution in [1.29, 1.82) is 0 Å². The molecule has 0 fully saturated rings. The summed E-state index contributed by atoms with van der Waals surface area (Å²) in [5, 5.41) is 5.75. The van der Waals surface area contributed by atoms with Crippen LogP contribution < -0.4 is 15.5 Å². The molecule has 0 heterocycles. The van der Waals surface area contributed by atoms with Crippen molar-refractivity contribution in [2.75, 3.05) is 30.8 Å². The lowest BCUT2D eigenvalue weighted by atomic mass is 10.1. The summed E-state index contributed by atoms with van der Waals surface area (Å²) >= 11 is 0. The Bertz CT molecular complexity index is 754. The maximum Gasteiger partial charge on any atom is 0.279 e. The van der Waals surface area contributed by atoms with Crippen LogP contribution in [0, 0.1) is 20.8 Å². The van der Waals surface area contributed by atoms with Gasteiger partial charge < -0.3 is 15.5 Å². The molecular formula is C20H26N3O2+. The predicted molar refractivity (Wildman–Crippen MR) is 101 cm³/mol. The van der Waals surface area contributed by atoms with Gasteiger partial charge in [0.05, 0.1) is 7.05 Å². The Morgan fingerprint density at radius 3 is 2.00 bits per heavy atom. The molecule has 0 aliphatic heterocycles. The molecule has 2 aromatic rings. The molecule has 1 unspecified atom stereocenters. The number of anilines is 2. The second-order valence-electron chi connectivity index (χ2n) is 6.59. The van der Waals surface area contributed by atoms with Crippen molar-refractivity contribution in [2.24, 2.45) is 0 Å². The summed E-state index contributed by atoms with van der Waals surface area (Å²) in [7, 11) is 1.83. The third-order valence-corrected chi connectivity index (χ3v) is 3.92. The number of carbonyl (C=O) groups excluding carboxylic acids is 2. The molecule has 0 aliphatic rings. The molecule has 25 heavy (non-hydrogen) atoms. The minimum absolute atomic E-state index is 0.104. The first kappa shape index (κ1) is 18.7. The lowest BCUT2D eigenvalue weighted by Crippen LogP contribution is -3.11. The monoisotopic (exact) mass is 340 g/mol. The molecule has 5 heteroatoms. The third kappa shape index (κ3) is 6.04. The molecule has 0 saturated carbocycles. The maximum atomic E-state index is 12.2. The highest BCUT2D eigenvalue weighted by Crippen LogP contribution is 2.15. The summed E-state index contributed by atoms with van der Waals surface area (Å²) in [6.07, 6.45) is 0. The minimum atomic E-state index is -0.110. The molecule has 0 aliphatic carbocycles. The van der Waals surface area contributed by atoms with Crippen molar-refractivity contribution in [3.8, 4) is 0 Å². The van der Waals surface area contributed by atoms with Crippen molar-refractivity contribution < 1.29 is 14.5 Å². The van der Waals surface area contributed by atoms with Crippen LogP contribution in [0.15, 0.2) is 42.5 Å². The van der Waals surface area contributed by atoms with Crippen LogP contribution in [-0.2, 0) is 9.59 Å². The van der Waals surface area contributed by atoms with Gasteiger partial charge in [0.2, 0.25) is 0 Å². The lowest BCUT2D eigenvalue weighted by Gasteiger charge is -2.15. The first-order chi connectivity index (χ1) is 11.8. The number of nitrogens with one attached hydrogen (secondary N) is 3. The number of carbonyl (C=O) groups is 2. The molecule has 2 rings (SSSR count). The van der Waals surface area contributed by atoms with Gasteiger partial charge in [-0.05, 0) is 44.5 Å². The molecule has 0 bridgehead atoms. The fourth-order valence-electron chi connectivity index (χ4n) is 2.60. The molecule has 2 amide bonds. The second kappa shape index (κ2) is 8.44. The maximum absolute atomic E-state index is 12.2. The average Bonchev–Trinajstić information content (AvgIpc) is 2.52. The number of rotatable bonds is 6. The quantitative estimate of drug-likeness (QED) is 0.750. The number of aryl methyl sites for hydroxylation is 3. The second-order valence-corrected chi connectivity index (χ2v) is 6.59. The van der Waals surface area contributed by atoms with Gasteiger partial charge in [-0.2, -0.15) is 0 Å². The summed E-state index contributed by atoms with van der Waals surface area (Å²) in [6.45, 7) is 6.44. The number of likely N-dealkylation sites (N-methyl/N-ethyl adjacent to an activating group) is 1. The van der Waals surface area contributed by atoms with Crippen molar-refractivity contribution >= 4 is 23.2 Å². The minimum Gasteiger partial charge on any atom is -0.322 e. The molecule has 0 radical (unpaired) electrons. The summed E-state index contributed by atoms with van der Waals surface area (Å²) in [5.41, 5.74) is 4.91.